The van der Waals surface area contributed by atoms with Gasteiger partial charge in [-0.3, -0.25) is 0 Å². The normalized spacial score (nSPS) is 12.1. The summed E-state index contributed by atoms with van der Waals surface area (Å²) in [5.41, 5.74) is 5.24. The minimum atomic E-state index is -0.877. The van der Waals surface area contributed by atoms with Gasteiger partial charge in [-0.2, -0.15) is 0 Å². The first kappa shape index (κ1) is 18.9. The molecular formula is C23H26N2O2. The lowest BCUT2D eigenvalue weighted by Gasteiger charge is -2.14. The molecule has 1 aromatic heterocycles. The van der Waals surface area contributed by atoms with Crippen molar-refractivity contribution in [2.45, 2.75) is 33.2 Å². The monoisotopic (exact) mass is 362 g/mol. The average Bonchev–Trinajstić information content (AvgIpc) is 2.93. The Kier molecular flexibility index (Phi) is 5.77. The minimum Gasteiger partial charge on any atom is -0.478 e. The fourth-order valence-electron chi connectivity index (χ4n) is 3.68. The van der Waals surface area contributed by atoms with Gasteiger partial charge in [0.1, 0.15) is 0 Å². The van der Waals surface area contributed by atoms with E-state index in [1.807, 2.05) is 66.9 Å². The Bertz CT molecular complexity index is 915. The Labute approximate surface area is 160 Å². The first-order chi connectivity index (χ1) is 13.0. The van der Waals surface area contributed by atoms with Crippen LogP contribution in [0.25, 0.3) is 5.69 Å². The van der Waals surface area contributed by atoms with Crippen LogP contribution < -0.4 is 5.32 Å². The van der Waals surface area contributed by atoms with Crippen molar-refractivity contribution in [2.24, 2.45) is 0 Å². The number of benzene rings is 2. The number of hydrogen-bond acceptors (Lipinski definition) is 2. The molecule has 0 radical (unpaired) electrons. The molecular weight excluding hydrogens is 336 g/mol. The van der Waals surface area contributed by atoms with Crippen LogP contribution in [0.4, 0.5) is 0 Å². The van der Waals surface area contributed by atoms with E-state index in [4.69, 9.17) is 0 Å². The number of carboxylic acid groups (broad SMARTS) is 1. The molecule has 27 heavy (non-hydrogen) atoms. The number of nitrogens with zero attached hydrogens (tertiary/aromatic N) is 1. The summed E-state index contributed by atoms with van der Waals surface area (Å²) in [6.45, 7) is 7.36. The van der Waals surface area contributed by atoms with E-state index in [-0.39, 0.29) is 0 Å². The second-order valence-corrected chi connectivity index (χ2v) is 6.94. The smallest absolute Gasteiger partial charge is 0.337 e. The van der Waals surface area contributed by atoms with E-state index in [9.17, 15) is 9.90 Å². The van der Waals surface area contributed by atoms with Crippen molar-refractivity contribution < 1.29 is 9.90 Å². The predicted octanol–water partition coefficient (Wildman–Crippen LogP) is 4.69. The number of carboxylic acids is 1. The molecule has 4 heteroatoms. The topological polar surface area (TPSA) is 54.3 Å². The lowest BCUT2D eigenvalue weighted by molar-refractivity contribution is 0.0695. The second kappa shape index (κ2) is 8.23. The molecule has 0 saturated carbocycles. The molecule has 1 atom stereocenters. The molecule has 0 aliphatic carbocycles. The number of nitrogens with one attached hydrogen (secondary N) is 1. The molecule has 3 aromatic rings. The van der Waals surface area contributed by atoms with Gasteiger partial charge in [0.05, 0.1) is 5.56 Å². The summed E-state index contributed by atoms with van der Waals surface area (Å²) in [6, 6.07) is 20.2. The Morgan fingerprint density at radius 1 is 1.00 bits per heavy atom. The van der Waals surface area contributed by atoms with Gasteiger partial charge in [0.15, 0.2) is 0 Å². The van der Waals surface area contributed by atoms with Crippen LogP contribution in [0, 0.1) is 13.8 Å². The van der Waals surface area contributed by atoms with Crippen molar-refractivity contribution in [2.75, 3.05) is 6.54 Å². The van der Waals surface area contributed by atoms with Gasteiger partial charge in [0.25, 0.3) is 0 Å². The first-order valence-electron chi connectivity index (χ1n) is 9.25. The first-order valence-corrected chi connectivity index (χ1v) is 9.25. The van der Waals surface area contributed by atoms with E-state index in [0.29, 0.717) is 18.0 Å². The zero-order chi connectivity index (χ0) is 19.4. The lowest BCUT2D eigenvalue weighted by Crippen LogP contribution is -2.21. The van der Waals surface area contributed by atoms with Crippen molar-refractivity contribution in [1.29, 1.82) is 0 Å². The quantitative estimate of drug-likeness (QED) is 0.641. The van der Waals surface area contributed by atoms with Crippen molar-refractivity contribution in [3.63, 3.8) is 0 Å². The molecule has 0 saturated heterocycles. The molecule has 0 aliphatic rings. The van der Waals surface area contributed by atoms with Crippen LogP contribution in [0.2, 0.25) is 0 Å². The van der Waals surface area contributed by atoms with Crippen LogP contribution in [0.3, 0.4) is 0 Å². The molecule has 0 unspecified atom stereocenters. The summed E-state index contributed by atoms with van der Waals surface area (Å²) < 4.78 is 2.03. The van der Waals surface area contributed by atoms with Crippen LogP contribution in [-0.2, 0) is 6.54 Å². The summed E-state index contributed by atoms with van der Waals surface area (Å²) in [5.74, 6) is -0.518. The van der Waals surface area contributed by atoms with E-state index < -0.39 is 5.97 Å². The molecule has 0 bridgehead atoms. The highest BCUT2D eigenvalue weighted by atomic mass is 16.4. The Morgan fingerprint density at radius 3 is 2.19 bits per heavy atom. The summed E-state index contributed by atoms with van der Waals surface area (Å²) in [7, 11) is 0. The van der Waals surface area contributed by atoms with Gasteiger partial charge in [0.2, 0.25) is 0 Å². The van der Waals surface area contributed by atoms with Crippen molar-refractivity contribution in [3.8, 4) is 5.69 Å². The van der Waals surface area contributed by atoms with E-state index in [0.717, 1.165) is 29.2 Å². The van der Waals surface area contributed by atoms with Crippen LogP contribution in [0.5, 0.6) is 0 Å². The van der Waals surface area contributed by atoms with Gasteiger partial charge in [-0.1, -0.05) is 55.5 Å². The van der Waals surface area contributed by atoms with Gasteiger partial charge in [0, 0.05) is 35.7 Å². The largest absolute Gasteiger partial charge is 0.478 e. The highest BCUT2D eigenvalue weighted by Crippen LogP contribution is 2.26. The standard InChI is InChI=1S/C23H26N2O2/c1-16(19-10-6-4-7-11-19)14-24-15-21-17(2)25(18(3)22(21)23(26)27)20-12-8-5-9-13-20/h4-13,16,24H,14-15H2,1-3H3,(H,26,27)/t16-/m1/s1. The molecule has 1 heterocycles. The third-order valence-corrected chi connectivity index (χ3v) is 5.12. The summed E-state index contributed by atoms with van der Waals surface area (Å²) in [5, 5.41) is 13.2. The summed E-state index contributed by atoms with van der Waals surface area (Å²) in [4.78, 5) is 11.9. The van der Waals surface area contributed by atoms with Crippen molar-refractivity contribution in [3.05, 3.63) is 88.7 Å². The van der Waals surface area contributed by atoms with E-state index in [2.05, 4.69) is 24.4 Å². The van der Waals surface area contributed by atoms with Gasteiger partial charge in [-0.05, 0) is 37.5 Å². The SMILES string of the molecule is Cc1c(CNC[C@@H](C)c2ccccc2)c(C(=O)O)c(C)n1-c1ccccc1. The fraction of sp³-hybridized carbons (Fsp3) is 0.261. The summed E-state index contributed by atoms with van der Waals surface area (Å²) in [6.07, 6.45) is 0. The van der Waals surface area contributed by atoms with E-state index in [1.54, 1.807) is 0 Å². The van der Waals surface area contributed by atoms with Crippen LogP contribution in [0.15, 0.2) is 60.7 Å². The fourth-order valence-corrected chi connectivity index (χ4v) is 3.68. The molecule has 2 N–H and O–H groups in total. The zero-order valence-corrected chi connectivity index (χ0v) is 16.1. The molecule has 0 aliphatic heterocycles. The number of aromatic carboxylic acids is 1. The van der Waals surface area contributed by atoms with Crippen LogP contribution in [0.1, 0.15) is 45.7 Å². The Morgan fingerprint density at radius 2 is 1.59 bits per heavy atom. The highest BCUT2D eigenvalue weighted by Gasteiger charge is 2.23. The minimum absolute atomic E-state index is 0.358. The number of hydrogen-bond donors (Lipinski definition) is 2. The lowest BCUT2D eigenvalue weighted by atomic mass is 10.0. The molecule has 2 aromatic carbocycles. The maximum atomic E-state index is 11.9. The van der Waals surface area contributed by atoms with Crippen molar-refractivity contribution in [1.82, 2.24) is 9.88 Å². The third-order valence-electron chi connectivity index (χ3n) is 5.12. The van der Waals surface area contributed by atoms with Crippen LogP contribution in [-0.4, -0.2) is 22.2 Å². The van der Waals surface area contributed by atoms with Gasteiger partial charge in [-0.25, -0.2) is 4.79 Å². The molecule has 3 rings (SSSR count). The average molecular weight is 362 g/mol. The van der Waals surface area contributed by atoms with Gasteiger partial charge in [-0.15, -0.1) is 0 Å². The Balaban J connectivity index is 1.84. The highest BCUT2D eigenvalue weighted by molar-refractivity contribution is 5.91. The van der Waals surface area contributed by atoms with Gasteiger partial charge < -0.3 is 15.0 Å². The Hall–Kier alpha value is -2.85. The number of aromatic nitrogens is 1. The maximum Gasteiger partial charge on any atom is 0.337 e. The van der Waals surface area contributed by atoms with Crippen LogP contribution >= 0.6 is 0 Å². The third kappa shape index (κ3) is 3.96. The summed E-state index contributed by atoms with van der Waals surface area (Å²) >= 11 is 0. The number of rotatable bonds is 7. The number of para-hydroxylation sites is 1. The van der Waals surface area contributed by atoms with E-state index >= 15 is 0 Å². The molecule has 0 fully saturated rings. The maximum absolute atomic E-state index is 11.9. The molecule has 0 spiro atoms. The molecule has 4 nitrogen and oxygen atoms in total. The predicted molar refractivity (Wildman–Crippen MR) is 109 cm³/mol. The number of carbonyl (C=O) groups is 1. The second-order valence-electron chi connectivity index (χ2n) is 6.94. The van der Waals surface area contributed by atoms with E-state index in [1.165, 1.54) is 5.56 Å². The molecule has 140 valence electrons. The zero-order valence-electron chi connectivity index (χ0n) is 16.1. The van der Waals surface area contributed by atoms with Gasteiger partial charge >= 0.3 is 5.97 Å². The molecule has 0 amide bonds. The van der Waals surface area contributed by atoms with Crippen molar-refractivity contribution >= 4 is 5.97 Å².